The van der Waals surface area contributed by atoms with Crippen molar-refractivity contribution in [2.45, 2.75) is 12.2 Å². The lowest BCUT2D eigenvalue weighted by Crippen LogP contribution is -2.34. The van der Waals surface area contributed by atoms with Crippen LogP contribution in [0.1, 0.15) is 27.5 Å². The number of carbonyl (C=O) groups is 2. The maximum absolute atomic E-state index is 12.9. The van der Waals surface area contributed by atoms with E-state index in [2.05, 4.69) is 16.0 Å². The largest absolute Gasteiger partial charge is 0.416 e. The number of alkyl halides is 3. The van der Waals surface area contributed by atoms with Crippen LogP contribution in [-0.2, 0) is 6.18 Å². The second-order valence-corrected chi connectivity index (χ2v) is 6.86. The summed E-state index contributed by atoms with van der Waals surface area (Å²) in [6.45, 7) is -0.309. The molecule has 0 spiro atoms. The highest BCUT2D eigenvalue weighted by Crippen LogP contribution is 2.30. The van der Waals surface area contributed by atoms with Gasteiger partial charge < -0.3 is 21.1 Å². The zero-order chi connectivity index (χ0) is 23.1. The van der Waals surface area contributed by atoms with E-state index in [1.165, 1.54) is 30.3 Å². The van der Waals surface area contributed by atoms with Crippen molar-refractivity contribution in [1.82, 2.24) is 5.32 Å². The smallest absolute Gasteiger partial charge is 0.394 e. The van der Waals surface area contributed by atoms with Gasteiger partial charge >= 0.3 is 12.2 Å². The van der Waals surface area contributed by atoms with Gasteiger partial charge in [-0.15, -0.1) is 0 Å². The topological polar surface area (TPSA) is 90.5 Å². The van der Waals surface area contributed by atoms with Gasteiger partial charge in [0.05, 0.1) is 18.2 Å². The quantitative estimate of drug-likeness (QED) is 0.441. The number of aliphatic hydroxyl groups is 1. The Hall–Kier alpha value is -3.85. The fourth-order valence-electron chi connectivity index (χ4n) is 2.96. The minimum Gasteiger partial charge on any atom is -0.394 e. The minimum absolute atomic E-state index is 0.00502. The summed E-state index contributed by atoms with van der Waals surface area (Å²) in [6, 6.07) is 17.9. The molecule has 1 atom stereocenters. The number of anilines is 2. The van der Waals surface area contributed by atoms with Crippen LogP contribution >= 0.6 is 0 Å². The van der Waals surface area contributed by atoms with Crippen LogP contribution in [0.4, 0.5) is 29.3 Å². The van der Waals surface area contributed by atoms with E-state index in [4.69, 9.17) is 0 Å². The van der Waals surface area contributed by atoms with Crippen LogP contribution in [0.25, 0.3) is 0 Å². The van der Waals surface area contributed by atoms with E-state index < -0.39 is 29.7 Å². The van der Waals surface area contributed by atoms with E-state index in [0.717, 1.165) is 17.7 Å². The van der Waals surface area contributed by atoms with Crippen molar-refractivity contribution < 1.29 is 27.9 Å². The summed E-state index contributed by atoms with van der Waals surface area (Å²) >= 11 is 0. The minimum atomic E-state index is -4.52. The summed E-state index contributed by atoms with van der Waals surface area (Å²) in [5.41, 5.74) is 0.277. The van der Waals surface area contributed by atoms with Gasteiger partial charge in [-0.1, -0.05) is 42.5 Å². The first-order valence-corrected chi connectivity index (χ1v) is 9.58. The van der Waals surface area contributed by atoms with Crippen LogP contribution in [-0.4, -0.2) is 23.7 Å². The Morgan fingerprint density at radius 2 is 1.50 bits per heavy atom. The molecule has 3 aromatic carbocycles. The van der Waals surface area contributed by atoms with Gasteiger partial charge in [-0.05, 0) is 42.0 Å². The first kappa shape index (κ1) is 22.8. The van der Waals surface area contributed by atoms with E-state index in [9.17, 15) is 27.9 Å². The molecule has 0 bridgehead atoms. The molecule has 0 saturated carbocycles. The Balaban J connectivity index is 1.66. The molecule has 6 nitrogen and oxygen atoms in total. The van der Waals surface area contributed by atoms with Gasteiger partial charge in [0.25, 0.3) is 5.91 Å². The molecule has 3 aromatic rings. The number of urea groups is 1. The van der Waals surface area contributed by atoms with Crippen molar-refractivity contribution in [1.29, 1.82) is 0 Å². The van der Waals surface area contributed by atoms with E-state index in [-0.39, 0.29) is 17.9 Å². The molecule has 0 saturated heterocycles. The number of hydrogen-bond donors (Lipinski definition) is 4. The summed E-state index contributed by atoms with van der Waals surface area (Å²) in [7, 11) is 0. The summed E-state index contributed by atoms with van der Waals surface area (Å²) in [6.07, 6.45) is -4.52. The Morgan fingerprint density at radius 3 is 2.16 bits per heavy atom. The van der Waals surface area contributed by atoms with Crippen LogP contribution in [0.3, 0.4) is 0 Å². The Labute approximate surface area is 182 Å². The SMILES string of the molecule is O=C(Nc1cccc(C(=O)Nc2cccc(C(F)(F)F)c2)c1)N[C@H](CO)c1ccccc1. The van der Waals surface area contributed by atoms with Gasteiger partial charge in [0.2, 0.25) is 0 Å². The molecule has 0 unspecified atom stereocenters. The monoisotopic (exact) mass is 443 g/mol. The molecular formula is C23H20F3N3O3. The van der Waals surface area contributed by atoms with Crippen molar-refractivity contribution in [3.8, 4) is 0 Å². The van der Waals surface area contributed by atoms with E-state index in [1.807, 2.05) is 6.07 Å². The van der Waals surface area contributed by atoms with Gasteiger partial charge in [0.1, 0.15) is 0 Å². The number of rotatable bonds is 6. The second-order valence-electron chi connectivity index (χ2n) is 6.86. The normalized spacial score (nSPS) is 12.0. The van der Waals surface area contributed by atoms with Crippen molar-refractivity contribution >= 4 is 23.3 Å². The van der Waals surface area contributed by atoms with Crippen molar-refractivity contribution in [2.24, 2.45) is 0 Å². The third-order valence-electron chi connectivity index (χ3n) is 4.52. The molecule has 9 heteroatoms. The molecule has 4 N–H and O–H groups in total. The fraction of sp³-hybridized carbons (Fsp3) is 0.130. The van der Waals surface area contributed by atoms with Crippen LogP contribution < -0.4 is 16.0 Å². The first-order chi connectivity index (χ1) is 15.3. The molecule has 166 valence electrons. The summed E-state index contributed by atoms with van der Waals surface area (Å²) < 4.78 is 38.6. The van der Waals surface area contributed by atoms with Crippen LogP contribution in [0.15, 0.2) is 78.9 Å². The third kappa shape index (κ3) is 6.08. The molecule has 32 heavy (non-hydrogen) atoms. The number of carbonyl (C=O) groups excluding carboxylic acids is 2. The van der Waals surface area contributed by atoms with Crippen LogP contribution in [0.5, 0.6) is 0 Å². The average Bonchev–Trinajstić information content (AvgIpc) is 2.78. The van der Waals surface area contributed by atoms with Gasteiger partial charge in [0.15, 0.2) is 0 Å². The molecule has 0 heterocycles. The summed E-state index contributed by atoms with van der Waals surface area (Å²) in [4.78, 5) is 24.8. The lowest BCUT2D eigenvalue weighted by atomic mass is 10.1. The lowest BCUT2D eigenvalue weighted by molar-refractivity contribution is -0.137. The van der Waals surface area contributed by atoms with Gasteiger partial charge in [-0.2, -0.15) is 13.2 Å². The fourth-order valence-corrected chi connectivity index (χ4v) is 2.96. The number of nitrogens with one attached hydrogen (secondary N) is 3. The van der Waals surface area contributed by atoms with Gasteiger partial charge in [-0.3, -0.25) is 4.79 Å². The van der Waals surface area contributed by atoms with E-state index in [1.54, 1.807) is 30.3 Å². The Kier molecular flexibility index (Phi) is 7.11. The zero-order valence-corrected chi connectivity index (χ0v) is 16.7. The number of benzene rings is 3. The molecular weight excluding hydrogens is 423 g/mol. The number of amides is 3. The van der Waals surface area contributed by atoms with Crippen molar-refractivity contribution in [3.05, 3.63) is 95.6 Å². The Morgan fingerprint density at radius 1 is 0.844 bits per heavy atom. The second kappa shape index (κ2) is 9.97. The molecule has 0 aliphatic carbocycles. The van der Waals surface area contributed by atoms with Crippen LogP contribution in [0, 0.1) is 0 Å². The molecule has 0 aromatic heterocycles. The standard InChI is InChI=1S/C23H20F3N3O3/c24-23(25,26)17-9-5-11-19(13-17)27-21(31)16-8-4-10-18(12-16)28-22(32)29-20(14-30)15-6-2-1-3-7-15/h1-13,20,30H,14H2,(H,27,31)(H2,28,29,32)/t20-/m1/s1. The van der Waals surface area contributed by atoms with Crippen molar-refractivity contribution in [3.63, 3.8) is 0 Å². The predicted octanol–water partition coefficient (Wildman–Crippen LogP) is 4.81. The number of halogens is 3. The first-order valence-electron chi connectivity index (χ1n) is 9.58. The number of hydrogen-bond acceptors (Lipinski definition) is 3. The molecule has 3 amide bonds. The highest BCUT2D eigenvalue weighted by molar-refractivity contribution is 6.05. The van der Waals surface area contributed by atoms with Gasteiger partial charge in [0, 0.05) is 16.9 Å². The summed E-state index contributed by atoms with van der Waals surface area (Å²) in [5, 5.41) is 17.2. The highest BCUT2D eigenvalue weighted by Gasteiger charge is 2.30. The average molecular weight is 443 g/mol. The van der Waals surface area contributed by atoms with Crippen molar-refractivity contribution in [2.75, 3.05) is 17.2 Å². The maximum Gasteiger partial charge on any atom is 0.416 e. The van der Waals surface area contributed by atoms with Gasteiger partial charge in [-0.25, -0.2) is 4.79 Å². The van der Waals surface area contributed by atoms with E-state index >= 15 is 0 Å². The lowest BCUT2D eigenvalue weighted by Gasteiger charge is -2.17. The van der Waals surface area contributed by atoms with Crippen LogP contribution in [0.2, 0.25) is 0 Å². The third-order valence-corrected chi connectivity index (χ3v) is 4.52. The molecule has 0 fully saturated rings. The Bertz CT molecular complexity index is 1090. The predicted molar refractivity (Wildman–Crippen MR) is 114 cm³/mol. The summed E-state index contributed by atoms with van der Waals surface area (Å²) in [5.74, 6) is -0.633. The molecule has 0 radical (unpaired) electrons. The zero-order valence-electron chi connectivity index (χ0n) is 16.7. The molecule has 0 aliphatic heterocycles. The number of aliphatic hydroxyl groups excluding tert-OH is 1. The molecule has 3 rings (SSSR count). The highest BCUT2D eigenvalue weighted by atomic mass is 19.4. The maximum atomic E-state index is 12.9. The van der Waals surface area contributed by atoms with E-state index in [0.29, 0.717) is 5.69 Å². The molecule has 0 aliphatic rings.